The summed E-state index contributed by atoms with van der Waals surface area (Å²) < 4.78 is 27.2. The van der Waals surface area contributed by atoms with Crippen LogP contribution in [-0.2, 0) is 9.59 Å². The average Bonchev–Trinajstić information content (AvgIpc) is 2.71. The molecule has 1 aliphatic heterocycles. The molecule has 2 amide bonds. The van der Waals surface area contributed by atoms with Crippen LogP contribution in [0.1, 0.15) is 5.56 Å². The fraction of sp³-hybridized carbons (Fsp3) is 0.238. The van der Waals surface area contributed by atoms with Crippen LogP contribution in [0, 0.1) is 11.6 Å². The summed E-state index contributed by atoms with van der Waals surface area (Å²) in [6.45, 7) is 2.73. The Balaban J connectivity index is 1.48. The van der Waals surface area contributed by atoms with E-state index in [-0.39, 0.29) is 0 Å². The van der Waals surface area contributed by atoms with Crippen LogP contribution in [0.3, 0.4) is 0 Å². The van der Waals surface area contributed by atoms with Gasteiger partial charge >= 0.3 is 11.8 Å². The number of piperazine rings is 1. The first-order valence-electron chi connectivity index (χ1n) is 9.03. The molecule has 2 aromatic carbocycles. The Kier molecular flexibility index (Phi) is 6.49. The topological polar surface area (TPSA) is 52.7 Å². The Morgan fingerprint density at radius 1 is 0.929 bits per heavy atom. The van der Waals surface area contributed by atoms with Gasteiger partial charge in [0.15, 0.2) is 0 Å². The highest BCUT2D eigenvalue weighted by Gasteiger charge is 2.26. The third kappa shape index (κ3) is 5.01. The van der Waals surface area contributed by atoms with E-state index >= 15 is 0 Å². The van der Waals surface area contributed by atoms with E-state index in [9.17, 15) is 18.4 Å². The second-order valence-corrected chi connectivity index (χ2v) is 6.46. The first-order chi connectivity index (χ1) is 13.5. The molecule has 1 fully saturated rings. The summed E-state index contributed by atoms with van der Waals surface area (Å²) in [4.78, 5) is 27.9. The number of rotatable bonds is 4. The molecule has 0 spiro atoms. The van der Waals surface area contributed by atoms with Crippen molar-refractivity contribution in [2.45, 2.75) is 0 Å². The van der Waals surface area contributed by atoms with E-state index in [1.807, 2.05) is 41.7 Å². The third-order valence-corrected chi connectivity index (χ3v) is 4.53. The van der Waals surface area contributed by atoms with Crippen LogP contribution in [0.2, 0.25) is 0 Å². The number of anilines is 1. The zero-order chi connectivity index (χ0) is 19.9. The van der Waals surface area contributed by atoms with Gasteiger partial charge in [0.2, 0.25) is 0 Å². The Hall–Kier alpha value is -3.06. The minimum Gasteiger partial charge on any atom is -0.332 e. The van der Waals surface area contributed by atoms with Crippen LogP contribution < -0.4 is 5.32 Å². The van der Waals surface area contributed by atoms with E-state index in [1.54, 1.807) is 0 Å². The number of nitrogens with one attached hydrogen (secondary N) is 1. The van der Waals surface area contributed by atoms with Gasteiger partial charge in [0.1, 0.15) is 17.3 Å². The van der Waals surface area contributed by atoms with Gasteiger partial charge in [-0.2, -0.15) is 0 Å². The minimum absolute atomic E-state index is 0.380. The van der Waals surface area contributed by atoms with Crippen LogP contribution in [-0.4, -0.2) is 54.3 Å². The summed E-state index contributed by atoms with van der Waals surface area (Å²) in [5.41, 5.74) is 0.513. The molecule has 0 bridgehead atoms. The number of halogens is 2. The van der Waals surface area contributed by atoms with Crippen molar-refractivity contribution < 1.29 is 18.4 Å². The molecule has 1 aliphatic rings. The maximum Gasteiger partial charge on any atom is 0.314 e. The quantitative estimate of drug-likeness (QED) is 0.824. The minimum atomic E-state index is -1.04. The van der Waals surface area contributed by atoms with E-state index in [0.717, 1.165) is 24.2 Å². The van der Waals surface area contributed by atoms with E-state index in [1.165, 1.54) is 11.0 Å². The molecule has 146 valence electrons. The second kappa shape index (κ2) is 9.23. The van der Waals surface area contributed by atoms with Crippen molar-refractivity contribution in [3.05, 3.63) is 71.8 Å². The van der Waals surface area contributed by atoms with Crippen molar-refractivity contribution in [1.82, 2.24) is 9.80 Å². The lowest BCUT2D eigenvalue weighted by Gasteiger charge is -2.33. The summed E-state index contributed by atoms with van der Waals surface area (Å²) in [5, 5.41) is 2.03. The molecule has 0 atom stereocenters. The standard InChI is InChI=1S/C21H21F2N3O2/c22-17-9-4-10-18(23)19(17)24-20(27)21(28)26-14-12-25(13-15-26)11-5-8-16-6-2-1-3-7-16/h1-10H,11-15H2,(H,24,27)/b8-5+. The van der Waals surface area contributed by atoms with Gasteiger partial charge in [-0.3, -0.25) is 14.5 Å². The first-order valence-corrected chi connectivity index (χ1v) is 9.03. The van der Waals surface area contributed by atoms with Gasteiger partial charge in [0.05, 0.1) is 0 Å². The lowest BCUT2D eigenvalue weighted by Crippen LogP contribution is -2.51. The Morgan fingerprint density at radius 3 is 2.21 bits per heavy atom. The molecule has 0 aliphatic carbocycles. The summed E-state index contributed by atoms with van der Waals surface area (Å²) >= 11 is 0. The van der Waals surface area contributed by atoms with Crippen molar-refractivity contribution in [3.63, 3.8) is 0 Å². The van der Waals surface area contributed by atoms with Gasteiger partial charge in [0, 0.05) is 32.7 Å². The van der Waals surface area contributed by atoms with Crippen molar-refractivity contribution in [1.29, 1.82) is 0 Å². The fourth-order valence-corrected chi connectivity index (χ4v) is 2.96. The van der Waals surface area contributed by atoms with Gasteiger partial charge in [-0.1, -0.05) is 48.6 Å². The predicted octanol–water partition coefficient (Wildman–Crippen LogP) is 2.76. The van der Waals surface area contributed by atoms with Gasteiger partial charge in [-0.15, -0.1) is 0 Å². The Bertz CT molecular complexity index is 843. The van der Waals surface area contributed by atoms with Gasteiger partial charge in [-0.25, -0.2) is 8.78 Å². The molecule has 0 saturated carbocycles. The summed E-state index contributed by atoms with van der Waals surface area (Å²) in [7, 11) is 0. The maximum absolute atomic E-state index is 13.6. The number of hydrogen-bond acceptors (Lipinski definition) is 3. The molecule has 1 saturated heterocycles. The molecule has 0 aromatic heterocycles. The molecule has 2 aromatic rings. The van der Waals surface area contributed by atoms with Crippen LogP contribution in [0.15, 0.2) is 54.6 Å². The number of amides is 2. The molecular weight excluding hydrogens is 364 g/mol. The van der Waals surface area contributed by atoms with Crippen molar-refractivity contribution in [3.8, 4) is 0 Å². The smallest absolute Gasteiger partial charge is 0.314 e. The number of hydrogen-bond donors (Lipinski definition) is 1. The number of benzene rings is 2. The molecule has 5 nitrogen and oxygen atoms in total. The summed E-state index contributed by atoms with van der Waals surface area (Å²) in [6.07, 6.45) is 4.09. The van der Waals surface area contributed by atoms with Crippen molar-refractivity contribution >= 4 is 23.6 Å². The highest BCUT2D eigenvalue weighted by atomic mass is 19.1. The second-order valence-electron chi connectivity index (χ2n) is 6.46. The van der Waals surface area contributed by atoms with Crippen molar-refractivity contribution in [2.24, 2.45) is 0 Å². The number of nitrogens with zero attached hydrogens (tertiary/aromatic N) is 2. The molecule has 1 N–H and O–H groups in total. The van der Waals surface area contributed by atoms with E-state index in [0.29, 0.717) is 26.2 Å². The average molecular weight is 385 g/mol. The van der Waals surface area contributed by atoms with Crippen LogP contribution in [0.4, 0.5) is 14.5 Å². The zero-order valence-corrected chi connectivity index (χ0v) is 15.3. The maximum atomic E-state index is 13.6. The van der Waals surface area contributed by atoms with Gasteiger partial charge < -0.3 is 10.2 Å². The number of para-hydroxylation sites is 1. The van der Waals surface area contributed by atoms with Crippen LogP contribution in [0.25, 0.3) is 6.08 Å². The van der Waals surface area contributed by atoms with Gasteiger partial charge in [0.25, 0.3) is 0 Å². The summed E-state index contributed by atoms with van der Waals surface area (Å²) in [6, 6.07) is 13.2. The van der Waals surface area contributed by atoms with Crippen molar-refractivity contribution in [2.75, 3.05) is 38.0 Å². The lowest BCUT2D eigenvalue weighted by molar-refractivity contribution is -0.144. The largest absolute Gasteiger partial charge is 0.332 e. The summed E-state index contributed by atoms with van der Waals surface area (Å²) in [5.74, 6) is -3.67. The molecule has 3 rings (SSSR count). The molecule has 0 unspecified atom stereocenters. The van der Waals surface area contributed by atoms with Crippen LogP contribution >= 0.6 is 0 Å². The molecule has 0 radical (unpaired) electrons. The SMILES string of the molecule is O=C(Nc1c(F)cccc1F)C(=O)N1CCN(C/C=C/c2ccccc2)CC1. The first kappa shape index (κ1) is 19.7. The normalized spacial score (nSPS) is 15.0. The highest BCUT2D eigenvalue weighted by Crippen LogP contribution is 2.18. The van der Waals surface area contributed by atoms with E-state index < -0.39 is 29.1 Å². The molecule has 1 heterocycles. The zero-order valence-electron chi connectivity index (χ0n) is 15.3. The third-order valence-electron chi connectivity index (χ3n) is 4.53. The molecule has 7 heteroatoms. The Morgan fingerprint density at radius 2 is 1.57 bits per heavy atom. The molecular formula is C21H21F2N3O2. The predicted molar refractivity (Wildman–Crippen MR) is 103 cm³/mol. The van der Waals surface area contributed by atoms with Crippen LogP contribution in [0.5, 0.6) is 0 Å². The highest BCUT2D eigenvalue weighted by molar-refractivity contribution is 6.39. The fourth-order valence-electron chi connectivity index (χ4n) is 2.96. The number of carbonyl (C=O) groups excluding carboxylic acids is 2. The molecule has 28 heavy (non-hydrogen) atoms. The Labute approximate surface area is 162 Å². The van der Waals surface area contributed by atoms with Gasteiger partial charge in [-0.05, 0) is 17.7 Å². The number of carbonyl (C=O) groups is 2. The monoisotopic (exact) mass is 385 g/mol. The van der Waals surface area contributed by atoms with E-state index in [4.69, 9.17) is 0 Å². The lowest BCUT2D eigenvalue weighted by atomic mass is 10.2. The van der Waals surface area contributed by atoms with E-state index in [2.05, 4.69) is 11.0 Å².